The van der Waals surface area contributed by atoms with Crippen LogP contribution < -0.4 is 0 Å². The number of hydrogen-bond donors (Lipinski definition) is 1. The van der Waals surface area contributed by atoms with Gasteiger partial charge in [0.2, 0.25) is 0 Å². The fourth-order valence-corrected chi connectivity index (χ4v) is 1.57. The molecule has 1 nitrogen and oxygen atoms in total. The molecule has 0 radical (unpaired) electrons. The Bertz CT molecular complexity index is 300. The molecule has 1 aromatic rings. The summed E-state index contributed by atoms with van der Waals surface area (Å²) in [7, 11) is 0. The maximum absolute atomic E-state index is 10.1. The van der Waals surface area contributed by atoms with Crippen molar-refractivity contribution >= 4 is 0 Å². The Balaban J connectivity index is 3.06. The predicted molar refractivity (Wildman–Crippen MR) is 55.6 cm³/mol. The van der Waals surface area contributed by atoms with Crippen molar-refractivity contribution in [3.05, 3.63) is 48.0 Å². The van der Waals surface area contributed by atoms with Gasteiger partial charge in [-0.2, -0.15) is 0 Å². The van der Waals surface area contributed by atoms with Gasteiger partial charge in [-0.3, -0.25) is 0 Å². The Morgan fingerprint density at radius 3 is 2.62 bits per heavy atom. The molecule has 0 spiro atoms. The molecular weight excluding hydrogens is 160 g/mol. The zero-order chi connectivity index (χ0) is 9.90. The number of hydrogen-bond acceptors (Lipinski definition) is 1. The second-order valence-electron chi connectivity index (χ2n) is 3.58. The van der Waals surface area contributed by atoms with Crippen LogP contribution in [0.3, 0.4) is 0 Å². The van der Waals surface area contributed by atoms with Crippen LogP contribution in [0.15, 0.2) is 36.9 Å². The molecule has 1 N–H and O–H groups in total. The topological polar surface area (TPSA) is 20.2 Å². The summed E-state index contributed by atoms with van der Waals surface area (Å²) in [5.41, 5.74) is 1.32. The zero-order valence-corrected chi connectivity index (χ0v) is 8.25. The van der Waals surface area contributed by atoms with Crippen molar-refractivity contribution in [1.82, 2.24) is 0 Å². The van der Waals surface area contributed by atoms with E-state index in [4.69, 9.17) is 0 Å². The number of rotatable bonds is 3. The van der Waals surface area contributed by atoms with E-state index in [0.29, 0.717) is 6.42 Å². The molecule has 0 heterocycles. The first-order chi connectivity index (χ1) is 6.08. The SMILES string of the molecule is C=CC[C@@](C)(O)c1ccccc1C. The molecule has 70 valence electrons. The number of aliphatic hydroxyl groups is 1. The Hall–Kier alpha value is -1.08. The van der Waals surface area contributed by atoms with Gasteiger partial charge in [-0.15, -0.1) is 6.58 Å². The molecule has 0 aromatic heterocycles. The Morgan fingerprint density at radius 1 is 1.46 bits per heavy atom. The summed E-state index contributed by atoms with van der Waals surface area (Å²) in [5, 5.41) is 10.1. The third kappa shape index (κ3) is 2.19. The van der Waals surface area contributed by atoms with Crippen molar-refractivity contribution in [1.29, 1.82) is 0 Å². The van der Waals surface area contributed by atoms with E-state index in [1.54, 1.807) is 6.08 Å². The molecule has 0 fully saturated rings. The molecule has 0 aliphatic carbocycles. The molecule has 13 heavy (non-hydrogen) atoms. The normalized spacial score (nSPS) is 15.0. The van der Waals surface area contributed by atoms with Gasteiger partial charge >= 0.3 is 0 Å². The Kier molecular flexibility index (Phi) is 2.89. The fourth-order valence-electron chi connectivity index (χ4n) is 1.57. The molecule has 1 rings (SSSR count). The van der Waals surface area contributed by atoms with E-state index in [9.17, 15) is 5.11 Å². The van der Waals surface area contributed by atoms with Crippen LogP contribution in [0, 0.1) is 6.92 Å². The minimum absolute atomic E-state index is 0.581. The average molecular weight is 176 g/mol. The molecule has 0 unspecified atom stereocenters. The summed E-state index contributed by atoms with van der Waals surface area (Å²) in [6, 6.07) is 7.88. The first-order valence-corrected chi connectivity index (χ1v) is 4.47. The molecule has 0 saturated carbocycles. The Labute approximate surface area is 79.7 Å². The van der Waals surface area contributed by atoms with Gasteiger partial charge in [-0.05, 0) is 31.4 Å². The maximum atomic E-state index is 10.1. The maximum Gasteiger partial charge on any atom is 0.0905 e. The van der Waals surface area contributed by atoms with Crippen LogP contribution >= 0.6 is 0 Å². The predicted octanol–water partition coefficient (Wildman–Crippen LogP) is 2.78. The van der Waals surface area contributed by atoms with Gasteiger partial charge in [0.15, 0.2) is 0 Å². The molecule has 1 heteroatoms. The molecule has 1 aromatic carbocycles. The summed E-state index contributed by atoms with van der Waals surface area (Å²) in [6.45, 7) is 7.46. The average Bonchev–Trinajstić information content (AvgIpc) is 2.04. The molecular formula is C12H16O. The van der Waals surface area contributed by atoms with Crippen LogP contribution in [0.2, 0.25) is 0 Å². The standard InChI is InChI=1S/C12H16O/c1-4-9-12(3,13)11-8-6-5-7-10(11)2/h4-8,13H,1,9H2,2-3H3/t12-/m1/s1. The van der Waals surface area contributed by atoms with Gasteiger partial charge in [0, 0.05) is 0 Å². The number of benzene rings is 1. The lowest BCUT2D eigenvalue weighted by Gasteiger charge is -2.23. The minimum Gasteiger partial charge on any atom is -0.385 e. The van der Waals surface area contributed by atoms with Gasteiger partial charge in [-0.1, -0.05) is 30.3 Å². The molecule has 0 aliphatic heterocycles. The molecule has 0 bridgehead atoms. The van der Waals surface area contributed by atoms with Gasteiger partial charge < -0.3 is 5.11 Å². The molecule has 1 atom stereocenters. The van der Waals surface area contributed by atoms with E-state index in [1.807, 2.05) is 38.1 Å². The second kappa shape index (κ2) is 3.75. The first-order valence-electron chi connectivity index (χ1n) is 4.47. The highest BCUT2D eigenvalue weighted by molar-refractivity contribution is 5.31. The fraction of sp³-hybridized carbons (Fsp3) is 0.333. The van der Waals surface area contributed by atoms with Crippen molar-refractivity contribution in [3.63, 3.8) is 0 Å². The van der Waals surface area contributed by atoms with E-state index in [-0.39, 0.29) is 0 Å². The highest BCUT2D eigenvalue weighted by atomic mass is 16.3. The number of aryl methyl sites for hydroxylation is 1. The van der Waals surface area contributed by atoms with E-state index < -0.39 is 5.60 Å². The minimum atomic E-state index is -0.785. The monoisotopic (exact) mass is 176 g/mol. The van der Waals surface area contributed by atoms with Gasteiger partial charge in [0.25, 0.3) is 0 Å². The van der Waals surface area contributed by atoms with Gasteiger partial charge in [-0.25, -0.2) is 0 Å². The third-order valence-corrected chi connectivity index (χ3v) is 2.27. The van der Waals surface area contributed by atoms with Crippen molar-refractivity contribution in [2.45, 2.75) is 25.9 Å². The lowest BCUT2D eigenvalue weighted by Crippen LogP contribution is -2.21. The van der Waals surface area contributed by atoms with Crippen LogP contribution in [0.4, 0.5) is 0 Å². The lowest BCUT2D eigenvalue weighted by molar-refractivity contribution is 0.0600. The summed E-state index contributed by atoms with van der Waals surface area (Å²) in [5.74, 6) is 0. The highest BCUT2D eigenvalue weighted by Gasteiger charge is 2.22. The van der Waals surface area contributed by atoms with Crippen molar-refractivity contribution < 1.29 is 5.11 Å². The largest absolute Gasteiger partial charge is 0.385 e. The van der Waals surface area contributed by atoms with Crippen molar-refractivity contribution in [2.24, 2.45) is 0 Å². The summed E-state index contributed by atoms with van der Waals surface area (Å²) < 4.78 is 0. The lowest BCUT2D eigenvalue weighted by atomic mass is 9.89. The highest BCUT2D eigenvalue weighted by Crippen LogP contribution is 2.27. The van der Waals surface area contributed by atoms with E-state index in [2.05, 4.69) is 6.58 Å². The summed E-state index contributed by atoms with van der Waals surface area (Å²) in [4.78, 5) is 0. The molecule has 0 saturated heterocycles. The smallest absolute Gasteiger partial charge is 0.0905 e. The molecule has 0 amide bonds. The third-order valence-electron chi connectivity index (χ3n) is 2.27. The van der Waals surface area contributed by atoms with Crippen molar-refractivity contribution in [2.75, 3.05) is 0 Å². The van der Waals surface area contributed by atoms with Crippen LogP contribution in [-0.2, 0) is 5.60 Å². The molecule has 0 aliphatic rings. The van der Waals surface area contributed by atoms with Crippen LogP contribution in [0.25, 0.3) is 0 Å². The first kappa shape index (κ1) is 10.0. The zero-order valence-electron chi connectivity index (χ0n) is 8.25. The van der Waals surface area contributed by atoms with Crippen LogP contribution in [0.5, 0.6) is 0 Å². The van der Waals surface area contributed by atoms with E-state index in [0.717, 1.165) is 11.1 Å². The van der Waals surface area contributed by atoms with Crippen molar-refractivity contribution in [3.8, 4) is 0 Å². The summed E-state index contributed by atoms with van der Waals surface area (Å²) >= 11 is 0. The second-order valence-corrected chi connectivity index (χ2v) is 3.58. The van der Waals surface area contributed by atoms with E-state index in [1.165, 1.54) is 0 Å². The Morgan fingerprint density at radius 2 is 2.08 bits per heavy atom. The van der Waals surface area contributed by atoms with E-state index >= 15 is 0 Å². The van der Waals surface area contributed by atoms with Crippen LogP contribution in [-0.4, -0.2) is 5.11 Å². The summed E-state index contributed by atoms with van der Waals surface area (Å²) in [6.07, 6.45) is 2.32. The van der Waals surface area contributed by atoms with Gasteiger partial charge in [0.05, 0.1) is 5.60 Å². The van der Waals surface area contributed by atoms with Gasteiger partial charge in [0.1, 0.15) is 0 Å². The quantitative estimate of drug-likeness (QED) is 0.702. The van der Waals surface area contributed by atoms with Crippen LogP contribution in [0.1, 0.15) is 24.5 Å².